The van der Waals surface area contributed by atoms with E-state index in [1.165, 1.54) is 15.9 Å². The van der Waals surface area contributed by atoms with E-state index in [1.807, 2.05) is 18.2 Å². The van der Waals surface area contributed by atoms with Gasteiger partial charge in [-0.2, -0.15) is 9.50 Å². The van der Waals surface area contributed by atoms with Crippen LogP contribution in [0, 0.1) is 0 Å². The summed E-state index contributed by atoms with van der Waals surface area (Å²) < 4.78 is 12.8. The molecule has 0 saturated carbocycles. The molecule has 0 bridgehead atoms. The third-order valence-electron chi connectivity index (χ3n) is 3.94. The van der Waals surface area contributed by atoms with Gasteiger partial charge in [0.1, 0.15) is 6.61 Å². The maximum Gasteiger partial charge on any atom is 0.291 e. The molecule has 3 aromatic heterocycles. The summed E-state index contributed by atoms with van der Waals surface area (Å²) in [6.45, 7) is 4.02. The third kappa shape index (κ3) is 3.37. The van der Waals surface area contributed by atoms with E-state index in [0.717, 1.165) is 11.1 Å². The summed E-state index contributed by atoms with van der Waals surface area (Å²) >= 11 is 1.28. The van der Waals surface area contributed by atoms with Gasteiger partial charge < -0.3 is 9.47 Å². The molecule has 0 aliphatic heterocycles. The molecule has 0 fully saturated rings. The van der Waals surface area contributed by atoms with Crippen molar-refractivity contribution in [3.63, 3.8) is 0 Å². The molecule has 1 aromatic carbocycles. The first-order chi connectivity index (χ1) is 13.7. The predicted octanol–water partition coefficient (Wildman–Crippen LogP) is 2.33. The second-order valence-corrected chi connectivity index (χ2v) is 6.81. The van der Waals surface area contributed by atoms with Crippen LogP contribution in [0.1, 0.15) is 5.56 Å². The Bertz CT molecular complexity index is 1250. The number of pyridine rings is 1. The lowest BCUT2D eigenvalue weighted by molar-refractivity contribution is 0.326. The van der Waals surface area contributed by atoms with Crippen LogP contribution in [0.5, 0.6) is 11.5 Å². The van der Waals surface area contributed by atoms with Gasteiger partial charge in [0.25, 0.3) is 5.56 Å². The Hall–Kier alpha value is -3.52. The van der Waals surface area contributed by atoms with Crippen molar-refractivity contribution < 1.29 is 9.47 Å². The Morgan fingerprint density at radius 2 is 2.18 bits per heavy atom. The van der Waals surface area contributed by atoms with Crippen molar-refractivity contribution in [2.24, 2.45) is 0 Å². The molecule has 140 valence electrons. The van der Waals surface area contributed by atoms with Crippen LogP contribution in [0.25, 0.3) is 22.4 Å². The van der Waals surface area contributed by atoms with Gasteiger partial charge in [0.15, 0.2) is 17.3 Å². The van der Waals surface area contributed by atoms with Gasteiger partial charge in [-0.05, 0) is 35.9 Å². The largest absolute Gasteiger partial charge is 0.493 e. The van der Waals surface area contributed by atoms with Crippen LogP contribution in [-0.2, 0) is 0 Å². The first-order valence-electron chi connectivity index (χ1n) is 8.43. The molecule has 0 unspecified atom stereocenters. The molecule has 0 aliphatic carbocycles. The summed E-state index contributed by atoms with van der Waals surface area (Å²) in [7, 11) is 1.57. The number of rotatable bonds is 6. The molecule has 4 aromatic rings. The number of ether oxygens (including phenoxy) is 2. The van der Waals surface area contributed by atoms with Crippen molar-refractivity contribution in [1.82, 2.24) is 19.6 Å². The molecule has 4 rings (SSSR count). The van der Waals surface area contributed by atoms with Crippen molar-refractivity contribution in [3.8, 4) is 22.9 Å². The number of thiazole rings is 1. The predicted molar refractivity (Wildman–Crippen MR) is 108 cm³/mol. The van der Waals surface area contributed by atoms with Gasteiger partial charge in [-0.3, -0.25) is 9.78 Å². The Balaban J connectivity index is 1.72. The average Bonchev–Trinajstić information content (AvgIpc) is 3.27. The molecule has 7 nitrogen and oxygen atoms in total. The van der Waals surface area contributed by atoms with Gasteiger partial charge in [0.05, 0.1) is 11.6 Å². The summed E-state index contributed by atoms with van der Waals surface area (Å²) in [5.41, 5.74) is 1.37. The number of nitrogens with zero attached hydrogens (tertiary/aromatic N) is 4. The zero-order valence-corrected chi connectivity index (χ0v) is 15.8. The zero-order valence-electron chi connectivity index (χ0n) is 15.0. The third-order valence-corrected chi connectivity index (χ3v) is 4.90. The lowest BCUT2D eigenvalue weighted by Crippen LogP contribution is -2.23. The van der Waals surface area contributed by atoms with Gasteiger partial charge in [-0.1, -0.05) is 30.1 Å². The Morgan fingerprint density at radius 1 is 1.29 bits per heavy atom. The van der Waals surface area contributed by atoms with E-state index >= 15 is 0 Å². The monoisotopic (exact) mass is 392 g/mol. The molecular weight excluding hydrogens is 376 g/mol. The van der Waals surface area contributed by atoms with Crippen LogP contribution >= 0.6 is 11.3 Å². The maximum absolute atomic E-state index is 12.7. The number of hydrogen-bond acceptors (Lipinski definition) is 7. The fourth-order valence-corrected chi connectivity index (χ4v) is 3.55. The van der Waals surface area contributed by atoms with E-state index in [-0.39, 0.29) is 5.56 Å². The van der Waals surface area contributed by atoms with Gasteiger partial charge in [-0.25, -0.2) is 0 Å². The number of aromatic nitrogens is 4. The van der Waals surface area contributed by atoms with E-state index < -0.39 is 0 Å². The SMILES string of the molecule is C=CCOc1ccc(C=c2sc3nc(-c4cccnc4)nn3c2=O)cc1OC. The fraction of sp³-hybridized carbons (Fsp3) is 0.100. The number of methoxy groups -OCH3 is 1. The number of benzene rings is 1. The minimum absolute atomic E-state index is 0.214. The average molecular weight is 392 g/mol. The summed E-state index contributed by atoms with van der Waals surface area (Å²) in [6.07, 6.45) is 6.79. The maximum atomic E-state index is 12.7. The molecule has 0 radical (unpaired) electrons. The van der Waals surface area contributed by atoms with E-state index in [1.54, 1.807) is 43.8 Å². The van der Waals surface area contributed by atoms with Crippen molar-refractivity contribution >= 4 is 22.4 Å². The van der Waals surface area contributed by atoms with E-state index in [9.17, 15) is 4.79 Å². The molecule has 0 amide bonds. The summed E-state index contributed by atoms with van der Waals surface area (Å²) in [4.78, 5) is 21.7. The molecule has 0 spiro atoms. The van der Waals surface area contributed by atoms with E-state index in [4.69, 9.17) is 9.47 Å². The zero-order chi connectivity index (χ0) is 19.5. The quantitative estimate of drug-likeness (QED) is 0.469. The molecule has 28 heavy (non-hydrogen) atoms. The molecular formula is C20H16N4O3S. The van der Waals surface area contributed by atoms with Gasteiger partial charge >= 0.3 is 0 Å². The minimum atomic E-state index is -0.214. The first-order valence-corrected chi connectivity index (χ1v) is 9.24. The normalized spacial score (nSPS) is 11.7. The molecule has 0 saturated heterocycles. The lowest BCUT2D eigenvalue weighted by Gasteiger charge is -2.09. The standard InChI is InChI=1S/C20H16N4O3S/c1-3-9-27-15-7-6-13(10-16(15)26-2)11-17-19(25)24-20(28-17)22-18(23-24)14-5-4-8-21-12-14/h3-8,10-12H,1,9H2,2H3. The lowest BCUT2D eigenvalue weighted by atomic mass is 10.2. The van der Waals surface area contributed by atoms with E-state index in [0.29, 0.717) is 33.4 Å². The van der Waals surface area contributed by atoms with Crippen LogP contribution in [0.4, 0.5) is 0 Å². The van der Waals surface area contributed by atoms with Crippen LogP contribution in [-0.4, -0.2) is 33.3 Å². The molecule has 8 heteroatoms. The highest BCUT2D eigenvalue weighted by molar-refractivity contribution is 7.15. The van der Waals surface area contributed by atoms with Crippen LogP contribution < -0.4 is 19.6 Å². The topological polar surface area (TPSA) is 78.6 Å². The minimum Gasteiger partial charge on any atom is -0.493 e. The first kappa shape index (κ1) is 17.9. The fourth-order valence-electron chi connectivity index (χ4n) is 2.64. The summed E-state index contributed by atoms with van der Waals surface area (Å²) in [6, 6.07) is 9.13. The molecule has 0 atom stereocenters. The Labute approximate surface area is 164 Å². The number of hydrogen-bond donors (Lipinski definition) is 0. The smallest absolute Gasteiger partial charge is 0.291 e. The highest BCUT2D eigenvalue weighted by Crippen LogP contribution is 2.28. The van der Waals surface area contributed by atoms with Gasteiger partial charge in [-0.15, -0.1) is 5.10 Å². The van der Waals surface area contributed by atoms with Crippen molar-refractivity contribution in [2.75, 3.05) is 13.7 Å². The Kier molecular flexibility index (Phi) is 4.86. The molecule has 3 heterocycles. The Morgan fingerprint density at radius 3 is 2.89 bits per heavy atom. The van der Waals surface area contributed by atoms with Crippen molar-refractivity contribution in [2.45, 2.75) is 0 Å². The van der Waals surface area contributed by atoms with Crippen LogP contribution in [0.3, 0.4) is 0 Å². The van der Waals surface area contributed by atoms with Crippen LogP contribution in [0.15, 0.2) is 60.2 Å². The highest BCUT2D eigenvalue weighted by Gasteiger charge is 2.12. The summed E-state index contributed by atoms with van der Waals surface area (Å²) in [5.74, 6) is 1.68. The van der Waals surface area contributed by atoms with Gasteiger partial charge in [0.2, 0.25) is 4.96 Å². The highest BCUT2D eigenvalue weighted by atomic mass is 32.1. The molecule has 0 N–H and O–H groups in total. The van der Waals surface area contributed by atoms with Crippen molar-refractivity contribution in [1.29, 1.82) is 0 Å². The van der Waals surface area contributed by atoms with E-state index in [2.05, 4.69) is 21.6 Å². The second-order valence-electron chi connectivity index (χ2n) is 5.80. The van der Waals surface area contributed by atoms with Gasteiger partial charge in [0, 0.05) is 18.0 Å². The number of fused-ring (bicyclic) bond motifs is 1. The second kappa shape index (κ2) is 7.61. The van der Waals surface area contributed by atoms with Crippen LogP contribution in [0.2, 0.25) is 0 Å². The summed E-state index contributed by atoms with van der Waals surface area (Å²) in [5, 5.41) is 4.32. The molecule has 0 aliphatic rings. The van der Waals surface area contributed by atoms with Crippen molar-refractivity contribution in [3.05, 3.63) is 75.8 Å².